The van der Waals surface area contributed by atoms with Gasteiger partial charge in [0, 0.05) is 19.0 Å². The molecule has 0 unspecified atom stereocenters. The molecule has 2 fully saturated rings. The molecular formula is C16H17F2NO3. The maximum Gasteiger partial charge on any atom is 0.308 e. The van der Waals surface area contributed by atoms with E-state index in [2.05, 4.69) is 0 Å². The lowest BCUT2D eigenvalue weighted by atomic mass is 9.97. The van der Waals surface area contributed by atoms with Crippen molar-refractivity contribution in [2.75, 3.05) is 13.1 Å². The third kappa shape index (κ3) is 2.82. The minimum absolute atomic E-state index is 0.0688. The summed E-state index contributed by atoms with van der Waals surface area (Å²) in [7, 11) is 0. The highest BCUT2D eigenvalue weighted by Gasteiger charge is 2.46. The summed E-state index contributed by atoms with van der Waals surface area (Å²) in [6, 6.07) is 3.72. The number of carbonyl (C=O) groups is 2. The van der Waals surface area contributed by atoms with E-state index in [1.54, 1.807) is 4.90 Å². The summed E-state index contributed by atoms with van der Waals surface area (Å²) in [6.07, 6.45) is 1.89. The van der Waals surface area contributed by atoms with Crippen molar-refractivity contribution in [1.29, 1.82) is 0 Å². The minimum atomic E-state index is -0.903. The highest BCUT2D eigenvalue weighted by atomic mass is 19.2. The van der Waals surface area contributed by atoms with Crippen molar-refractivity contribution in [1.82, 2.24) is 4.90 Å². The van der Waals surface area contributed by atoms with Crippen LogP contribution in [0.1, 0.15) is 30.7 Å². The number of likely N-dealkylation sites (tertiary alicyclic amines) is 1. The maximum atomic E-state index is 13.3. The number of rotatable bonds is 3. The molecule has 0 radical (unpaired) electrons. The van der Waals surface area contributed by atoms with Crippen LogP contribution in [0, 0.1) is 23.5 Å². The number of carboxylic acid groups (broad SMARTS) is 1. The van der Waals surface area contributed by atoms with E-state index in [-0.39, 0.29) is 24.3 Å². The van der Waals surface area contributed by atoms with Crippen molar-refractivity contribution in [2.45, 2.75) is 25.2 Å². The Balaban J connectivity index is 1.65. The van der Waals surface area contributed by atoms with Crippen LogP contribution in [0.3, 0.4) is 0 Å². The first-order valence-electron chi connectivity index (χ1n) is 7.44. The van der Waals surface area contributed by atoms with Crippen LogP contribution in [0.2, 0.25) is 0 Å². The first-order chi connectivity index (χ1) is 10.5. The number of hydrogen-bond acceptors (Lipinski definition) is 2. The molecule has 1 saturated heterocycles. The van der Waals surface area contributed by atoms with Crippen molar-refractivity contribution in [2.24, 2.45) is 11.8 Å². The van der Waals surface area contributed by atoms with Crippen molar-refractivity contribution in [3.8, 4) is 0 Å². The van der Waals surface area contributed by atoms with E-state index in [9.17, 15) is 18.4 Å². The van der Waals surface area contributed by atoms with Crippen molar-refractivity contribution in [3.05, 3.63) is 35.4 Å². The zero-order chi connectivity index (χ0) is 15.9. The molecule has 1 aliphatic carbocycles. The van der Waals surface area contributed by atoms with Gasteiger partial charge in [-0.15, -0.1) is 0 Å². The highest BCUT2D eigenvalue weighted by Crippen LogP contribution is 2.49. The number of nitrogens with zero attached hydrogens (tertiary/aromatic N) is 1. The van der Waals surface area contributed by atoms with E-state index in [4.69, 9.17) is 5.11 Å². The molecule has 2 aliphatic rings. The average molecular weight is 309 g/mol. The van der Waals surface area contributed by atoms with Gasteiger partial charge in [-0.05, 0) is 42.9 Å². The fraction of sp³-hybridized carbons (Fsp3) is 0.500. The molecule has 3 rings (SSSR count). The van der Waals surface area contributed by atoms with Gasteiger partial charge >= 0.3 is 5.97 Å². The van der Waals surface area contributed by atoms with Gasteiger partial charge in [0.05, 0.1) is 5.92 Å². The SMILES string of the molecule is O=C(O)[C@H]1CCCN(C(=O)[C@H]2C[C@H]2c2ccc(F)c(F)c2)C1. The lowest BCUT2D eigenvalue weighted by Crippen LogP contribution is -2.43. The van der Waals surface area contributed by atoms with Crippen LogP contribution in [0.15, 0.2) is 18.2 Å². The summed E-state index contributed by atoms with van der Waals surface area (Å²) in [5, 5.41) is 9.06. The number of halogens is 2. The molecule has 118 valence electrons. The molecule has 1 heterocycles. The Morgan fingerprint density at radius 2 is 2.00 bits per heavy atom. The Morgan fingerprint density at radius 1 is 1.23 bits per heavy atom. The number of aliphatic carboxylic acids is 1. The van der Waals surface area contributed by atoms with Crippen LogP contribution in [-0.2, 0) is 9.59 Å². The lowest BCUT2D eigenvalue weighted by molar-refractivity contribution is -0.146. The zero-order valence-electron chi connectivity index (χ0n) is 12.0. The van der Waals surface area contributed by atoms with Crippen molar-refractivity contribution < 1.29 is 23.5 Å². The number of piperidine rings is 1. The van der Waals surface area contributed by atoms with E-state index >= 15 is 0 Å². The van der Waals surface area contributed by atoms with E-state index < -0.39 is 23.5 Å². The first-order valence-corrected chi connectivity index (χ1v) is 7.44. The molecule has 1 N–H and O–H groups in total. The largest absolute Gasteiger partial charge is 0.481 e. The maximum absolute atomic E-state index is 13.3. The molecule has 0 spiro atoms. The van der Waals surface area contributed by atoms with Gasteiger partial charge < -0.3 is 10.0 Å². The number of amides is 1. The average Bonchev–Trinajstić information content (AvgIpc) is 3.30. The topological polar surface area (TPSA) is 57.6 Å². The first kappa shape index (κ1) is 14.9. The van der Waals surface area contributed by atoms with Gasteiger partial charge in [-0.2, -0.15) is 0 Å². The van der Waals surface area contributed by atoms with Crippen LogP contribution < -0.4 is 0 Å². The Hall–Kier alpha value is -1.98. The summed E-state index contributed by atoms with van der Waals surface area (Å²) >= 11 is 0. The number of hydrogen-bond donors (Lipinski definition) is 1. The predicted molar refractivity (Wildman–Crippen MR) is 74.1 cm³/mol. The zero-order valence-corrected chi connectivity index (χ0v) is 12.0. The van der Waals surface area contributed by atoms with Crippen molar-refractivity contribution in [3.63, 3.8) is 0 Å². The monoisotopic (exact) mass is 309 g/mol. The second-order valence-corrected chi connectivity index (χ2v) is 6.08. The fourth-order valence-electron chi connectivity index (χ4n) is 3.19. The fourth-order valence-corrected chi connectivity index (χ4v) is 3.19. The third-order valence-corrected chi connectivity index (χ3v) is 4.56. The van der Waals surface area contributed by atoms with Crippen molar-refractivity contribution >= 4 is 11.9 Å². The Morgan fingerprint density at radius 3 is 2.68 bits per heavy atom. The Labute approximate surface area is 126 Å². The van der Waals surface area contributed by atoms with E-state index in [0.29, 0.717) is 31.4 Å². The second kappa shape index (κ2) is 5.66. The second-order valence-electron chi connectivity index (χ2n) is 6.08. The number of carbonyl (C=O) groups excluding carboxylic acids is 1. The standard InChI is InChI=1S/C16H17F2NO3/c17-13-4-3-9(6-14(13)18)11-7-12(11)15(20)19-5-1-2-10(8-19)16(21)22/h3-4,6,10-12H,1-2,5,7-8H2,(H,21,22)/t10-,11-,12-/m0/s1. The highest BCUT2D eigenvalue weighted by molar-refractivity contribution is 5.84. The van der Waals surface area contributed by atoms with E-state index in [0.717, 1.165) is 12.1 Å². The van der Waals surface area contributed by atoms with E-state index in [1.165, 1.54) is 6.07 Å². The molecule has 1 saturated carbocycles. The molecule has 6 heteroatoms. The molecule has 1 amide bonds. The smallest absolute Gasteiger partial charge is 0.308 e. The number of carboxylic acids is 1. The van der Waals surface area contributed by atoms with Gasteiger partial charge in [0.25, 0.3) is 0 Å². The molecule has 0 aromatic heterocycles. The van der Waals surface area contributed by atoms with Gasteiger partial charge in [0.15, 0.2) is 11.6 Å². The van der Waals surface area contributed by atoms with Gasteiger partial charge in [0.1, 0.15) is 0 Å². The lowest BCUT2D eigenvalue weighted by Gasteiger charge is -2.31. The van der Waals surface area contributed by atoms with Crippen LogP contribution in [-0.4, -0.2) is 35.0 Å². The van der Waals surface area contributed by atoms with Gasteiger partial charge in [-0.25, -0.2) is 8.78 Å². The normalized spacial score (nSPS) is 27.5. The van der Waals surface area contributed by atoms with Gasteiger partial charge in [-0.1, -0.05) is 6.07 Å². The minimum Gasteiger partial charge on any atom is -0.481 e. The molecule has 1 aliphatic heterocycles. The summed E-state index contributed by atoms with van der Waals surface area (Å²) < 4.78 is 26.2. The predicted octanol–water partition coefficient (Wildman–Crippen LogP) is 2.39. The Bertz CT molecular complexity index is 619. The number of benzene rings is 1. The van der Waals surface area contributed by atoms with Gasteiger partial charge in [-0.3, -0.25) is 9.59 Å². The van der Waals surface area contributed by atoms with Crippen LogP contribution in [0.4, 0.5) is 8.78 Å². The summed E-state index contributed by atoms with van der Waals surface area (Å²) in [5.41, 5.74) is 0.629. The van der Waals surface area contributed by atoms with Gasteiger partial charge in [0.2, 0.25) is 5.91 Å². The Kier molecular flexibility index (Phi) is 3.85. The molecule has 1 aromatic rings. The molecule has 0 bridgehead atoms. The summed E-state index contributed by atoms with van der Waals surface area (Å²) in [6.45, 7) is 0.818. The quantitative estimate of drug-likeness (QED) is 0.932. The molecule has 1 aromatic carbocycles. The molecule has 22 heavy (non-hydrogen) atoms. The van der Waals surface area contributed by atoms with E-state index in [1.807, 2.05) is 0 Å². The third-order valence-electron chi connectivity index (χ3n) is 4.56. The molecular weight excluding hydrogens is 292 g/mol. The molecule has 4 nitrogen and oxygen atoms in total. The summed E-state index contributed by atoms with van der Waals surface area (Å²) in [5.74, 6) is -3.57. The van der Waals surface area contributed by atoms with Crippen LogP contribution in [0.5, 0.6) is 0 Å². The van der Waals surface area contributed by atoms with Crippen LogP contribution in [0.25, 0.3) is 0 Å². The molecule has 3 atom stereocenters. The summed E-state index contributed by atoms with van der Waals surface area (Å²) in [4.78, 5) is 25.1. The van der Waals surface area contributed by atoms with Crippen LogP contribution >= 0.6 is 0 Å².